The molecule has 1 N–H and O–H groups in total. The van der Waals surface area contributed by atoms with Crippen molar-refractivity contribution in [3.63, 3.8) is 0 Å². The predicted octanol–water partition coefficient (Wildman–Crippen LogP) is 5.95. The van der Waals surface area contributed by atoms with Crippen molar-refractivity contribution in [3.05, 3.63) is 59.7 Å². The maximum absolute atomic E-state index is 13.3. The quantitative estimate of drug-likeness (QED) is 0.522. The van der Waals surface area contributed by atoms with Crippen LogP contribution in [0.25, 0.3) is 0 Å². The van der Waals surface area contributed by atoms with Crippen LogP contribution >= 0.6 is 0 Å². The summed E-state index contributed by atoms with van der Waals surface area (Å²) in [5, 5.41) is 3.18. The van der Waals surface area contributed by atoms with Gasteiger partial charge in [0.15, 0.2) is 0 Å². The van der Waals surface area contributed by atoms with Gasteiger partial charge in [-0.25, -0.2) is 0 Å². The fourth-order valence-electron chi connectivity index (χ4n) is 5.15. The van der Waals surface area contributed by atoms with Crippen molar-refractivity contribution in [1.82, 2.24) is 4.90 Å². The second-order valence-electron chi connectivity index (χ2n) is 9.86. The van der Waals surface area contributed by atoms with Crippen LogP contribution in [0.5, 0.6) is 5.75 Å². The summed E-state index contributed by atoms with van der Waals surface area (Å²) in [6.45, 7) is 8.72. The molecule has 172 valence electrons. The normalized spacial score (nSPS) is 19.1. The highest BCUT2D eigenvalue weighted by Crippen LogP contribution is 2.42. The topological polar surface area (TPSA) is 41.6 Å². The lowest BCUT2D eigenvalue weighted by Gasteiger charge is -2.30. The number of nitrogens with zero attached hydrogens (tertiary/aromatic N) is 1. The van der Waals surface area contributed by atoms with E-state index in [-0.39, 0.29) is 5.91 Å². The van der Waals surface area contributed by atoms with Crippen LogP contribution < -0.4 is 10.1 Å². The molecule has 0 radical (unpaired) electrons. The summed E-state index contributed by atoms with van der Waals surface area (Å²) < 4.78 is 5.94. The number of carbonyl (C=O) groups excluding carboxylic acids is 1. The number of amides is 1. The molecule has 0 atom stereocenters. The smallest absolute Gasteiger partial charge is 0.235 e. The number of ether oxygens (including phenoxy) is 1. The lowest BCUT2D eigenvalue weighted by molar-refractivity contribution is -0.121. The van der Waals surface area contributed by atoms with E-state index < -0.39 is 5.41 Å². The minimum absolute atomic E-state index is 0.114. The van der Waals surface area contributed by atoms with Crippen molar-refractivity contribution in [2.24, 2.45) is 5.92 Å². The molecule has 1 amide bonds. The van der Waals surface area contributed by atoms with Crippen molar-refractivity contribution in [1.29, 1.82) is 0 Å². The van der Waals surface area contributed by atoms with Crippen molar-refractivity contribution in [3.8, 4) is 5.75 Å². The molecule has 0 aromatic heterocycles. The summed E-state index contributed by atoms with van der Waals surface area (Å²) in [6.07, 6.45) is 7.72. The largest absolute Gasteiger partial charge is 0.494 e. The third-order valence-corrected chi connectivity index (χ3v) is 7.37. The van der Waals surface area contributed by atoms with Gasteiger partial charge in [-0.05, 0) is 87.9 Å². The van der Waals surface area contributed by atoms with E-state index in [0.717, 1.165) is 68.2 Å². The molecule has 2 aromatic carbocycles. The Hall–Kier alpha value is -2.33. The van der Waals surface area contributed by atoms with Crippen molar-refractivity contribution in [2.75, 3.05) is 31.6 Å². The number of rotatable bonds is 8. The van der Waals surface area contributed by atoms with Crippen LogP contribution in [0.4, 0.5) is 5.69 Å². The van der Waals surface area contributed by atoms with E-state index in [4.69, 9.17) is 4.74 Å². The summed E-state index contributed by atoms with van der Waals surface area (Å²) in [5.74, 6) is 1.86. The first-order valence-corrected chi connectivity index (χ1v) is 12.4. The standard InChI is InChI=1S/C28H38N2O2/c1-22-6-8-24(9-7-22)28(16-3-4-17-28)27(31)29-25-10-12-26(13-11-25)32-21-5-18-30-19-14-23(2)15-20-30/h6-13,23H,3-5,14-21H2,1-2H3,(H,29,31). The maximum Gasteiger partial charge on any atom is 0.235 e. The first-order chi connectivity index (χ1) is 15.5. The zero-order valence-corrected chi connectivity index (χ0v) is 19.7. The first-order valence-electron chi connectivity index (χ1n) is 12.4. The molecule has 2 fully saturated rings. The van der Waals surface area contributed by atoms with Crippen LogP contribution in [0.15, 0.2) is 48.5 Å². The zero-order chi connectivity index (χ0) is 22.4. The molecule has 1 saturated carbocycles. The van der Waals surface area contributed by atoms with Crippen molar-refractivity contribution < 1.29 is 9.53 Å². The fraction of sp³-hybridized carbons (Fsp3) is 0.536. The van der Waals surface area contributed by atoms with E-state index in [0.29, 0.717) is 0 Å². The van der Waals surface area contributed by atoms with Gasteiger partial charge in [-0.1, -0.05) is 49.6 Å². The SMILES string of the molecule is Cc1ccc(C2(C(=O)Nc3ccc(OCCCN4CCC(C)CC4)cc3)CCCC2)cc1. The van der Waals surface area contributed by atoms with Gasteiger partial charge in [0.25, 0.3) is 0 Å². The van der Waals surface area contributed by atoms with Crippen LogP contribution in [0.3, 0.4) is 0 Å². The number of piperidine rings is 1. The molecule has 0 unspecified atom stereocenters. The van der Waals surface area contributed by atoms with Gasteiger partial charge in [0.1, 0.15) is 5.75 Å². The van der Waals surface area contributed by atoms with Gasteiger partial charge in [-0.2, -0.15) is 0 Å². The molecule has 2 aromatic rings. The molecule has 2 aliphatic rings. The number of hydrogen-bond donors (Lipinski definition) is 1. The number of hydrogen-bond acceptors (Lipinski definition) is 3. The monoisotopic (exact) mass is 434 g/mol. The Bertz CT molecular complexity index is 861. The highest BCUT2D eigenvalue weighted by molar-refractivity contribution is 5.99. The first kappa shape index (κ1) is 22.8. The van der Waals surface area contributed by atoms with E-state index in [9.17, 15) is 4.79 Å². The molecule has 1 heterocycles. The van der Waals surface area contributed by atoms with E-state index in [1.165, 1.54) is 31.5 Å². The molecule has 1 saturated heterocycles. The van der Waals surface area contributed by atoms with Gasteiger partial charge < -0.3 is 15.0 Å². The maximum atomic E-state index is 13.3. The Balaban J connectivity index is 1.28. The van der Waals surface area contributed by atoms with E-state index >= 15 is 0 Å². The Morgan fingerprint density at radius 2 is 1.69 bits per heavy atom. The van der Waals surface area contributed by atoms with Gasteiger partial charge in [0.2, 0.25) is 5.91 Å². The molecular formula is C28H38N2O2. The number of aryl methyl sites for hydroxylation is 1. The molecule has 1 aliphatic heterocycles. The highest BCUT2D eigenvalue weighted by Gasteiger charge is 2.42. The van der Waals surface area contributed by atoms with Gasteiger partial charge in [0, 0.05) is 12.2 Å². The molecule has 4 rings (SSSR count). The van der Waals surface area contributed by atoms with Gasteiger partial charge >= 0.3 is 0 Å². The van der Waals surface area contributed by atoms with Crippen LogP contribution in [-0.2, 0) is 10.2 Å². The van der Waals surface area contributed by atoms with Crippen molar-refractivity contribution >= 4 is 11.6 Å². The Morgan fingerprint density at radius 3 is 2.34 bits per heavy atom. The van der Waals surface area contributed by atoms with E-state index in [1.54, 1.807) is 0 Å². The highest BCUT2D eigenvalue weighted by atomic mass is 16.5. The third kappa shape index (κ3) is 5.53. The lowest BCUT2D eigenvalue weighted by Crippen LogP contribution is -2.38. The van der Waals surface area contributed by atoms with E-state index in [2.05, 4.69) is 48.3 Å². The van der Waals surface area contributed by atoms with Crippen LogP contribution in [0.1, 0.15) is 63.0 Å². The zero-order valence-electron chi connectivity index (χ0n) is 19.7. The molecule has 4 heteroatoms. The second kappa shape index (κ2) is 10.5. The minimum Gasteiger partial charge on any atom is -0.494 e. The minimum atomic E-state index is -0.408. The van der Waals surface area contributed by atoms with E-state index in [1.807, 2.05) is 24.3 Å². The average molecular weight is 435 g/mol. The summed E-state index contributed by atoms with van der Waals surface area (Å²) in [7, 11) is 0. The average Bonchev–Trinajstić information content (AvgIpc) is 3.31. The Morgan fingerprint density at radius 1 is 1.03 bits per heavy atom. The third-order valence-electron chi connectivity index (χ3n) is 7.37. The summed E-state index contributed by atoms with van der Waals surface area (Å²) >= 11 is 0. The predicted molar refractivity (Wildman–Crippen MR) is 131 cm³/mol. The molecular weight excluding hydrogens is 396 g/mol. The molecule has 32 heavy (non-hydrogen) atoms. The van der Waals surface area contributed by atoms with Crippen LogP contribution in [-0.4, -0.2) is 37.0 Å². The van der Waals surface area contributed by atoms with Gasteiger partial charge in [0.05, 0.1) is 12.0 Å². The summed E-state index contributed by atoms with van der Waals surface area (Å²) in [4.78, 5) is 15.9. The number of likely N-dealkylation sites (tertiary alicyclic amines) is 1. The molecule has 0 spiro atoms. The van der Waals surface area contributed by atoms with Crippen LogP contribution in [0, 0.1) is 12.8 Å². The van der Waals surface area contributed by atoms with Crippen molar-refractivity contribution in [2.45, 2.75) is 64.2 Å². The molecule has 1 aliphatic carbocycles. The van der Waals surface area contributed by atoms with Gasteiger partial charge in [-0.3, -0.25) is 4.79 Å². The fourth-order valence-corrected chi connectivity index (χ4v) is 5.15. The summed E-state index contributed by atoms with van der Waals surface area (Å²) in [6, 6.07) is 16.3. The number of nitrogens with one attached hydrogen (secondary N) is 1. The lowest BCUT2D eigenvalue weighted by atomic mass is 9.77. The molecule has 4 nitrogen and oxygen atoms in total. The summed E-state index contributed by atoms with van der Waals surface area (Å²) in [5.41, 5.74) is 2.79. The van der Waals surface area contributed by atoms with Crippen LogP contribution in [0.2, 0.25) is 0 Å². The van der Waals surface area contributed by atoms with Gasteiger partial charge in [-0.15, -0.1) is 0 Å². The molecule has 0 bridgehead atoms. The Labute approximate surface area is 193 Å². The Kier molecular flexibility index (Phi) is 7.51. The number of benzene rings is 2. The number of anilines is 1. The second-order valence-corrected chi connectivity index (χ2v) is 9.86. The number of carbonyl (C=O) groups is 1.